The average molecular weight is 476 g/mol. The SMILES string of the molecule is NC(=O)[C@@H]1CC(C(=O)[C@@H](N)CC2=IN=CN2)CN1C(=O)[C@@H]1CCC(=O)N1. The van der Waals surface area contributed by atoms with Crippen molar-refractivity contribution in [3.8, 4) is 0 Å². The molecule has 6 N–H and O–H groups in total. The molecule has 0 saturated carbocycles. The van der Waals surface area contributed by atoms with Gasteiger partial charge in [-0.1, -0.05) is 0 Å². The van der Waals surface area contributed by atoms with E-state index in [1.807, 2.05) is 0 Å². The van der Waals surface area contributed by atoms with E-state index in [1.165, 1.54) is 4.90 Å². The lowest BCUT2D eigenvalue weighted by molar-refractivity contribution is -0.139. The summed E-state index contributed by atoms with van der Waals surface area (Å²) in [6, 6.07) is -2.22. The maximum absolute atomic E-state index is 12.7. The third-order valence-corrected chi connectivity index (χ3v) is 6.68. The van der Waals surface area contributed by atoms with E-state index < -0.39 is 51.0 Å². The first kappa shape index (κ1) is 18.9. The number of nitrogens with zero attached hydrogens (tertiary/aromatic N) is 2. The van der Waals surface area contributed by atoms with Gasteiger partial charge in [0.15, 0.2) is 5.78 Å². The normalized spacial score (nSPS) is 28.8. The number of Topliss-reactive ketones (excluding diaryl/α,β-unsaturated/α-hetero) is 1. The van der Waals surface area contributed by atoms with Gasteiger partial charge in [-0.2, -0.15) is 0 Å². The molecule has 3 aliphatic rings. The number of halogens is 1. The molecular weight excluding hydrogens is 455 g/mol. The first-order chi connectivity index (χ1) is 12.4. The zero-order chi connectivity index (χ0) is 18.8. The monoisotopic (exact) mass is 476 g/mol. The molecule has 4 atom stereocenters. The molecule has 3 amide bonds. The Hall–Kier alpha value is -1.89. The van der Waals surface area contributed by atoms with Gasteiger partial charge >= 0.3 is 0 Å². The number of primary amides is 1. The minimum absolute atomic E-state index is 0.0969. The van der Waals surface area contributed by atoms with Crippen molar-refractivity contribution in [3.63, 3.8) is 0 Å². The molecule has 11 heteroatoms. The summed E-state index contributed by atoms with van der Waals surface area (Å²) in [5.74, 6) is -1.94. The van der Waals surface area contributed by atoms with E-state index in [1.54, 1.807) is 6.34 Å². The van der Waals surface area contributed by atoms with E-state index in [-0.39, 0.29) is 37.0 Å². The van der Waals surface area contributed by atoms with Crippen LogP contribution in [0.1, 0.15) is 25.7 Å². The molecule has 26 heavy (non-hydrogen) atoms. The van der Waals surface area contributed by atoms with Gasteiger partial charge in [0, 0.05) is 46.3 Å². The minimum atomic E-state index is -0.853. The van der Waals surface area contributed by atoms with Crippen molar-refractivity contribution in [1.29, 1.82) is 0 Å². The van der Waals surface area contributed by atoms with Crippen molar-refractivity contribution in [3.05, 3.63) is 0 Å². The Balaban J connectivity index is 1.66. The third-order valence-electron chi connectivity index (χ3n) is 4.79. The zero-order valence-electron chi connectivity index (χ0n) is 14.0. The molecule has 0 aliphatic carbocycles. The van der Waals surface area contributed by atoms with Crippen molar-refractivity contribution < 1.29 is 19.2 Å². The minimum Gasteiger partial charge on any atom is -0.368 e. The number of rotatable bonds is 6. The van der Waals surface area contributed by atoms with Crippen LogP contribution in [0, 0.1) is 5.92 Å². The predicted molar refractivity (Wildman–Crippen MR) is 102 cm³/mol. The lowest BCUT2D eigenvalue weighted by Gasteiger charge is -2.25. The van der Waals surface area contributed by atoms with Gasteiger partial charge in [-0.15, -0.1) is 0 Å². The molecule has 3 heterocycles. The summed E-state index contributed by atoms with van der Waals surface area (Å²) in [5, 5.41) is 5.58. The van der Waals surface area contributed by atoms with Crippen LogP contribution in [-0.2, 0) is 19.2 Å². The fraction of sp³-hybridized carbons (Fsp3) is 0.600. The van der Waals surface area contributed by atoms with Gasteiger partial charge in [0.25, 0.3) is 0 Å². The van der Waals surface area contributed by atoms with Crippen molar-refractivity contribution in [1.82, 2.24) is 15.5 Å². The second-order valence-electron chi connectivity index (χ2n) is 6.57. The van der Waals surface area contributed by atoms with E-state index in [9.17, 15) is 19.2 Å². The van der Waals surface area contributed by atoms with Crippen molar-refractivity contribution >= 4 is 54.5 Å². The highest BCUT2D eigenvalue weighted by Gasteiger charge is 2.45. The van der Waals surface area contributed by atoms with E-state index >= 15 is 0 Å². The number of hydrogen-bond acceptors (Lipinski definition) is 7. The molecule has 1 unspecified atom stereocenters. The van der Waals surface area contributed by atoms with Gasteiger partial charge < -0.3 is 27.0 Å². The predicted octanol–water partition coefficient (Wildman–Crippen LogP) is -2.10. The van der Waals surface area contributed by atoms with Gasteiger partial charge in [-0.05, 0) is 12.8 Å². The third kappa shape index (κ3) is 3.92. The summed E-state index contributed by atoms with van der Waals surface area (Å²) < 4.78 is 5.09. The van der Waals surface area contributed by atoms with Gasteiger partial charge in [-0.3, -0.25) is 19.2 Å². The highest BCUT2D eigenvalue weighted by Crippen LogP contribution is 2.27. The highest BCUT2D eigenvalue weighted by molar-refractivity contribution is 14.2. The number of ketones is 1. The summed E-state index contributed by atoms with van der Waals surface area (Å²) in [4.78, 5) is 49.8. The fourth-order valence-electron chi connectivity index (χ4n) is 3.45. The molecule has 0 aromatic heterocycles. The Morgan fingerprint density at radius 1 is 1.42 bits per heavy atom. The molecule has 0 aromatic rings. The fourth-order valence-corrected chi connectivity index (χ4v) is 5.01. The van der Waals surface area contributed by atoms with Crippen molar-refractivity contribution in [2.45, 2.75) is 43.8 Å². The van der Waals surface area contributed by atoms with Crippen LogP contribution in [0.3, 0.4) is 0 Å². The Morgan fingerprint density at radius 3 is 2.77 bits per heavy atom. The van der Waals surface area contributed by atoms with Crippen molar-refractivity contribution in [2.75, 3.05) is 6.54 Å². The smallest absolute Gasteiger partial charge is 0.245 e. The van der Waals surface area contributed by atoms with Crippen LogP contribution in [0.2, 0.25) is 0 Å². The van der Waals surface area contributed by atoms with Crippen LogP contribution >= 0.6 is 21.0 Å². The van der Waals surface area contributed by atoms with Crippen molar-refractivity contribution in [2.24, 2.45) is 20.6 Å². The molecule has 0 radical (unpaired) electrons. The Labute approximate surface area is 160 Å². The Kier molecular flexibility index (Phi) is 5.65. The molecule has 10 nitrogen and oxygen atoms in total. The first-order valence-electron chi connectivity index (χ1n) is 8.33. The second kappa shape index (κ2) is 7.78. The summed E-state index contributed by atoms with van der Waals surface area (Å²) in [7, 11) is 0. The van der Waals surface area contributed by atoms with Crippen LogP contribution in [0.4, 0.5) is 0 Å². The van der Waals surface area contributed by atoms with Crippen LogP contribution in [0.5, 0.6) is 0 Å². The molecule has 2 saturated heterocycles. The number of nitrogens with one attached hydrogen (secondary N) is 2. The Bertz CT molecular complexity index is 708. The summed E-state index contributed by atoms with van der Waals surface area (Å²) in [6.07, 6.45) is 2.83. The van der Waals surface area contributed by atoms with Gasteiger partial charge in [0.1, 0.15) is 12.1 Å². The number of hydrogen-bond donors (Lipinski definition) is 4. The van der Waals surface area contributed by atoms with Crippen LogP contribution in [0.25, 0.3) is 0 Å². The van der Waals surface area contributed by atoms with Gasteiger partial charge in [0.05, 0.1) is 16.0 Å². The van der Waals surface area contributed by atoms with E-state index in [4.69, 9.17) is 11.5 Å². The first-order valence-corrected chi connectivity index (χ1v) is 10.4. The number of carbonyl (C=O) groups is 4. The largest absolute Gasteiger partial charge is 0.368 e. The van der Waals surface area contributed by atoms with Crippen LogP contribution < -0.4 is 22.1 Å². The second-order valence-corrected chi connectivity index (χ2v) is 8.92. The molecule has 0 aromatic carbocycles. The zero-order valence-corrected chi connectivity index (χ0v) is 16.1. The molecule has 3 rings (SSSR count). The summed E-state index contributed by atoms with van der Waals surface area (Å²) in [5.41, 5.74) is 11.5. The highest BCUT2D eigenvalue weighted by atomic mass is 127. The topological polar surface area (TPSA) is 160 Å². The average Bonchev–Trinajstić information content (AvgIpc) is 3.33. The number of carbonyl (C=O) groups excluding carboxylic acids is 4. The summed E-state index contributed by atoms with van der Waals surface area (Å²) >= 11 is -0.482. The maximum Gasteiger partial charge on any atom is 0.245 e. The number of likely N-dealkylation sites (tertiary alicyclic amines) is 1. The molecule has 3 aliphatic heterocycles. The van der Waals surface area contributed by atoms with Gasteiger partial charge in [-0.25, -0.2) is 3.21 Å². The van der Waals surface area contributed by atoms with Crippen LogP contribution in [-0.4, -0.2) is 63.0 Å². The quantitative estimate of drug-likeness (QED) is 0.322. The van der Waals surface area contributed by atoms with E-state index in [0.717, 1.165) is 3.63 Å². The maximum atomic E-state index is 12.7. The molecule has 0 bridgehead atoms. The number of nitrogens with two attached hydrogens (primary N) is 2. The molecule has 2 fully saturated rings. The van der Waals surface area contributed by atoms with Crippen LogP contribution in [0.15, 0.2) is 3.21 Å². The molecule has 142 valence electrons. The lowest BCUT2D eigenvalue weighted by atomic mass is 9.94. The lowest BCUT2D eigenvalue weighted by Crippen LogP contribution is -2.50. The molecule has 0 spiro atoms. The Morgan fingerprint density at radius 2 is 2.19 bits per heavy atom. The standard InChI is InChI=1S/C15H21IN6O4/c17-8(4-11-16-20-6-19-11)13(24)7-3-10(14(18)25)22(5-7)15(26)9-1-2-12(23)21-9/h6-10H,1-5,17H2,(H2,18,25)(H,19,20)(H,21,23)/t7?,8-,9-,10-/m0/s1. The summed E-state index contributed by atoms with van der Waals surface area (Å²) in [6.45, 7) is 0.0969. The number of amides is 3. The van der Waals surface area contributed by atoms with Gasteiger partial charge in [0.2, 0.25) is 17.7 Å². The van der Waals surface area contributed by atoms with E-state index in [0.29, 0.717) is 12.8 Å². The molecular formula is C15H21IN6O4. The van der Waals surface area contributed by atoms with E-state index in [2.05, 4.69) is 13.8 Å².